The third-order valence-corrected chi connectivity index (χ3v) is 14.9. The number of aliphatic hydroxyl groups excluding tert-OH is 1. The summed E-state index contributed by atoms with van der Waals surface area (Å²) in [5.41, 5.74) is 7.03. The second kappa shape index (κ2) is 24.4. The highest BCUT2D eigenvalue weighted by molar-refractivity contribution is 6.87. The number of aliphatic hydroxyl groups is 1. The van der Waals surface area contributed by atoms with Crippen LogP contribution in [-0.4, -0.2) is 116 Å². The Labute approximate surface area is 327 Å². The SMILES string of the molecule is C=CCO[C@@H]1[C@@H](OCC=C)[C@H](C#C[Si](CC)(CC)CC)[C@@H](CO)O[C@@H]1C#CC#C[C@H]1[C@H](OCC=C)[C@@H](OCC=C)[C@@H](C#C[Si](C)(C)C)O[C@@H]1COC(C)=O. The number of carbonyl (C=O) groups is 1. The van der Waals surface area contributed by atoms with Crippen LogP contribution in [0.5, 0.6) is 0 Å². The molecule has 0 spiro atoms. The number of carbonyl (C=O) groups excluding carboxylic acids is 1. The largest absolute Gasteiger partial charge is 0.463 e. The van der Waals surface area contributed by atoms with Gasteiger partial charge in [-0.3, -0.25) is 4.79 Å². The van der Waals surface area contributed by atoms with Gasteiger partial charge in [0.2, 0.25) is 0 Å². The molecule has 296 valence electrons. The molecule has 0 aliphatic carbocycles. The van der Waals surface area contributed by atoms with E-state index in [0.717, 1.165) is 18.1 Å². The minimum Gasteiger partial charge on any atom is -0.463 e. The van der Waals surface area contributed by atoms with Crippen LogP contribution in [0.25, 0.3) is 0 Å². The summed E-state index contributed by atoms with van der Waals surface area (Å²) in [7, 11) is -3.62. The lowest BCUT2D eigenvalue weighted by Gasteiger charge is -2.43. The molecule has 9 nitrogen and oxygen atoms in total. The number of hydrogen-bond acceptors (Lipinski definition) is 9. The van der Waals surface area contributed by atoms with Crippen LogP contribution in [0.3, 0.4) is 0 Å². The highest BCUT2D eigenvalue weighted by atomic mass is 28.3. The summed E-state index contributed by atoms with van der Waals surface area (Å²) in [4.78, 5) is 11.9. The molecule has 2 saturated heterocycles. The molecule has 0 aromatic rings. The second-order valence-electron chi connectivity index (χ2n) is 14.2. The van der Waals surface area contributed by atoms with Crippen LogP contribution in [0.1, 0.15) is 27.7 Å². The Hall–Kier alpha value is -3.18. The van der Waals surface area contributed by atoms with Crippen molar-refractivity contribution in [3.63, 3.8) is 0 Å². The van der Waals surface area contributed by atoms with E-state index in [9.17, 15) is 9.90 Å². The quantitative estimate of drug-likeness (QED) is 0.0834. The van der Waals surface area contributed by atoms with Gasteiger partial charge in [0, 0.05) is 6.92 Å². The van der Waals surface area contributed by atoms with Gasteiger partial charge in [-0.05, 0) is 30.0 Å². The molecular formula is C43H62O9Si2. The average molecular weight is 779 g/mol. The lowest BCUT2D eigenvalue weighted by atomic mass is 9.86. The first kappa shape index (κ1) is 47.0. The molecular weight excluding hydrogens is 717 g/mol. The maximum absolute atomic E-state index is 11.9. The molecule has 2 fully saturated rings. The molecule has 2 heterocycles. The van der Waals surface area contributed by atoms with Gasteiger partial charge in [-0.1, -0.05) is 82.5 Å². The molecule has 2 aliphatic heterocycles. The zero-order chi connectivity index (χ0) is 40.1. The van der Waals surface area contributed by atoms with Crippen LogP contribution >= 0.6 is 0 Å². The van der Waals surface area contributed by atoms with Gasteiger partial charge in [-0.25, -0.2) is 0 Å². The van der Waals surface area contributed by atoms with E-state index in [2.05, 4.69) is 113 Å². The van der Waals surface area contributed by atoms with Gasteiger partial charge in [-0.2, -0.15) is 0 Å². The Morgan fingerprint density at radius 1 is 0.667 bits per heavy atom. The highest BCUT2D eigenvalue weighted by Crippen LogP contribution is 2.33. The Morgan fingerprint density at radius 3 is 1.56 bits per heavy atom. The summed E-state index contributed by atoms with van der Waals surface area (Å²) in [5, 5.41) is 10.6. The Morgan fingerprint density at radius 2 is 1.11 bits per heavy atom. The van der Waals surface area contributed by atoms with E-state index in [-0.39, 0.29) is 39.6 Å². The van der Waals surface area contributed by atoms with E-state index in [1.807, 2.05) is 0 Å². The molecule has 11 heteroatoms. The molecule has 2 aliphatic rings. The maximum atomic E-state index is 11.9. The number of ether oxygens (including phenoxy) is 7. The number of esters is 1. The van der Waals surface area contributed by atoms with Crippen LogP contribution in [-0.2, 0) is 38.0 Å². The summed E-state index contributed by atoms with van der Waals surface area (Å²) < 4.78 is 43.4. The standard InChI is InChI=1S/C43H62O9Si2/c1-12-25-46-40-34(39(32-50-33(8)45)52-37(24-29-53(9,10)11)43(40)49-28-15-4)21-19-20-22-36-42(48-27-14-3)41(47-26-13-2)35(38(31-44)51-36)23-30-54(16-5,17-6)18-7/h12-15,34-44H,1-4,16-18,25-28,31-32H2,5-11H3/t34-,35-,36-,37-,38-,39-,40+,41+,42+,43+/m1/s1. The minimum atomic E-state index is -1.82. The summed E-state index contributed by atoms with van der Waals surface area (Å²) >= 11 is 0. The van der Waals surface area contributed by atoms with Gasteiger partial charge in [0.25, 0.3) is 0 Å². The number of rotatable bonds is 18. The summed E-state index contributed by atoms with van der Waals surface area (Å²) in [6.07, 6.45) is 1.26. The molecule has 0 saturated carbocycles. The summed E-state index contributed by atoms with van der Waals surface area (Å²) in [5.74, 6) is 17.5. The van der Waals surface area contributed by atoms with Crippen molar-refractivity contribution in [2.75, 3.05) is 39.6 Å². The van der Waals surface area contributed by atoms with E-state index in [4.69, 9.17) is 33.2 Å². The average Bonchev–Trinajstić information content (AvgIpc) is 3.15. The lowest BCUT2D eigenvalue weighted by Crippen LogP contribution is -2.57. The normalized spacial score (nSPS) is 27.9. The fraction of sp³-hybridized carbons (Fsp3) is 0.605. The van der Waals surface area contributed by atoms with Crippen LogP contribution in [0.2, 0.25) is 37.8 Å². The van der Waals surface area contributed by atoms with Crippen molar-refractivity contribution in [2.24, 2.45) is 11.8 Å². The van der Waals surface area contributed by atoms with E-state index in [1.165, 1.54) is 6.92 Å². The molecule has 0 aromatic carbocycles. The first-order valence-corrected chi connectivity index (χ1v) is 25.0. The fourth-order valence-corrected chi connectivity index (χ4v) is 9.28. The van der Waals surface area contributed by atoms with Crippen LogP contribution in [0, 0.1) is 58.4 Å². The van der Waals surface area contributed by atoms with Gasteiger partial charge in [0.15, 0.2) is 0 Å². The van der Waals surface area contributed by atoms with Gasteiger partial charge < -0.3 is 38.3 Å². The van der Waals surface area contributed by atoms with E-state index < -0.39 is 82.8 Å². The van der Waals surface area contributed by atoms with Gasteiger partial charge in [-0.15, -0.1) is 43.3 Å². The molecule has 0 aromatic heterocycles. The fourth-order valence-electron chi connectivity index (χ4n) is 6.20. The summed E-state index contributed by atoms with van der Waals surface area (Å²) in [6.45, 7) is 30.2. The summed E-state index contributed by atoms with van der Waals surface area (Å²) in [6, 6.07) is 3.10. The first-order chi connectivity index (χ1) is 25.9. The van der Waals surface area contributed by atoms with Crippen molar-refractivity contribution >= 4 is 22.1 Å². The predicted octanol–water partition coefficient (Wildman–Crippen LogP) is 5.53. The van der Waals surface area contributed by atoms with Gasteiger partial charge in [0.1, 0.15) is 65.5 Å². The Bertz CT molecular complexity index is 1480. The first-order valence-electron chi connectivity index (χ1n) is 18.9. The predicted molar refractivity (Wildman–Crippen MR) is 219 cm³/mol. The molecule has 10 atom stereocenters. The Balaban J connectivity index is 2.65. The van der Waals surface area contributed by atoms with Crippen molar-refractivity contribution in [3.8, 4) is 46.6 Å². The molecule has 2 rings (SSSR count). The van der Waals surface area contributed by atoms with Gasteiger partial charge in [0.05, 0.1) is 51.0 Å². The molecule has 0 amide bonds. The monoisotopic (exact) mass is 778 g/mol. The van der Waals surface area contributed by atoms with Crippen molar-refractivity contribution in [3.05, 3.63) is 50.6 Å². The number of hydrogen-bond donors (Lipinski definition) is 1. The molecule has 0 bridgehead atoms. The molecule has 1 N–H and O–H groups in total. The molecule has 0 radical (unpaired) electrons. The Kier molecular flexibility index (Phi) is 21.2. The van der Waals surface area contributed by atoms with Gasteiger partial charge >= 0.3 is 5.97 Å². The molecule has 0 unspecified atom stereocenters. The van der Waals surface area contributed by atoms with Crippen LogP contribution in [0.15, 0.2) is 50.6 Å². The maximum Gasteiger partial charge on any atom is 0.302 e. The third-order valence-electron chi connectivity index (χ3n) is 9.29. The lowest BCUT2D eigenvalue weighted by molar-refractivity contribution is -0.207. The van der Waals surface area contributed by atoms with Crippen molar-refractivity contribution < 1.29 is 43.1 Å². The van der Waals surface area contributed by atoms with E-state index in [0.29, 0.717) is 0 Å². The smallest absolute Gasteiger partial charge is 0.302 e. The van der Waals surface area contributed by atoms with E-state index in [1.54, 1.807) is 24.3 Å². The topological polar surface area (TPSA) is 102 Å². The molecule has 54 heavy (non-hydrogen) atoms. The van der Waals surface area contributed by atoms with E-state index >= 15 is 0 Å². The minimum absolute atomic E-state index is 0.0697. The van der Waals surface area contributed by atoms with Crippen LogP contribution < -0.4 is 0 Å². The van der Waals surface area contributed by atoms with Crippen molar-refractivity contribution in [2.45, 2.75) is 114 Å². The van der Waals surface area contributed by atoms with Crippen molar-refractivity contribution in [1.82, 2.24) is 0 Å². The van der Waals surface area contributed by atoms with Crippen molar-refractivity contribution in [1.29, 1.82) is 0 Å². The zero-order valence-electron chi connectivity index (χ0n) is 33.5. The highest BCUT2D eigenvalue weighted by Gasteiger charge is 2.48. The third kappa shape index (κ3) is 14.5. The zero-order valence-corrected chi connectivity index (χ0v) is 35.5. The second-order valence-corrected chi connectivity index (χ2v) is 23.9. The van der Waals surface area contributed by atoms with Crippen LogP contribution in [0.4, 0.5) is 0 Å².